The highest BCUT2D eigenvalue weighted by molar-refractivity contribution is 5.02. The molecule has 1 saturated carbocycles. The van der Waals surface area contributed by atoms with E-state index in [1.165, 1.54) is 19.3 Å². The van der Waals surface area contributed by atoms with Crippen LogP contribution in [-0.2, 0) is 0 Å². The molecule has 0 aromatic rings. The average molecular weight is 213 g/mol. The number of nitrogens with zero attached hydrogens (tertiary/aromatic N) is 1. The molecule has 1 aliphatic carbocycles. The maximum atomic E-state index is 9.99. The second-order valence-corrected chi connectivity index (χ2v) is 5.21. The smallest absolute Gasteiger partial charge is 0.0723 e. The van der Waals surface area contributed by atoms with Crippen molar-refractivity contribution in [3.63, 3.8) is 0 Å². The van der Waals surface area contributed by atoms with Crippen LogP contribution in [0.4, 0.5) is 0 Å². The summed E-state index contributed by atoms with van der Waals surface area (Å²) in [6.45, 7) is 3.44. The Kier molecular flexibility index (Phi) is 3.65. The van der Waals surface area contributed by atoms with Crippen molar-refractivity contribution < 1.29 is 10.2 Å². The maximum Gasteiger partial charge on any atom is 0.0723 e. The highest BCUT2D eigenvalue weighted by Crippen LogP contribution is 2.53. The van der Waals surface area contributed by atoms with E-state index < -0.39 is 0 Å². The zero-order chi connectivity index (χ0) is 10.7. The standard InChI is InChI=1S/C12H23NO2/c14-9-3-1-2-7-13-8-6-12(4-5-12)11(15)10-13/h11,14-15H,1-10H2. The van der Waals surface area contributed by atoms with Crippen molar-refractivity contribution in [1.29, 1.82) is 0 Å². The molecule has 15 heavy (non-hydrogen) atoms. The third-order valence-corrected chi connectivity index (χ3v) is 4.09. The van der Waals surface area contributed by atoms with Gasteiger partial charge in [0.15, 0.2) is 0 Å². The minimum absolute atomic E-state index is 0.0795. The van der Waals surface area contributed by atoms with Crippen molar-refractivity contribution >= 4 is 0 Å². The van der Waals surface area contributed by atoms with Gasteiger partial charge in [-0.2, -0.15) is 0 Å². The molecule has 2 N–H and O–H groups in total. The summed E-state index contributed by atoms with van der Waals surface area (Å²) in [5.74, 6) is 0. The van der Waals surface area contributed by atoms with E-state index in [1.54, 1.807) is 0 Å². The first-order valence-corrected chi connectivity index (χ1v) is 6.28. The summed E-state index contributed by atoms with van der Waals surface area (Å²) in [6, 6.07) is 0. The molecule has 1 aliphatic heterocycles. The second-order valence-electron chi connectivity index (χ2n) is 5.21. The van der Waals surface area contributed by atoms with Crippen LogP contribution in [0.2, 0.25) is 0 Å². The third-order valence-electron chi connectivity index (χ3n) is 4.09. The summed E-state index contributed by atoms with van der Waals surface area (Å²) < 4.78 is 0. The quantitative estimate of drug-likeness (QED) is 0.670. The Morgan fingerprint density at radius 1 is 1.13 bits per heavy atom. The summed E-state index contributed by atoms with van der Waals surface area (Å²) in [6.07, 6.45) is 6.77. The van der Waals surface area contributed by atoms with Crippen LogP contribution in [0.5, 0.6) is 0 Å². The van der Waals surface area contributed by atoms with Crippen LogP contribution in [0.1, 0.15) is 38.5 Å². The van der Waals surface area contributed by atoms with E-state index >= 15 is 0 Å². The van der Waals surface area contributed by atoms with Crippen LogP contribution in [-0.4, -0.2) is 47.5 Å². The number of unbranched alkanes of at least 4 members (excludes halogenated alkanes) is 2. The molecule has 2 rings (SSSR count). The Morgan fingerprint density at radius 2 is 1.93 bits per heavy atom. The van der Waals surface area contributed by atoms with Gasteiger partial charge >= 0.3 is 0 Å². The van der Waals surface area contributed by atoms with E-state index in [4.69, 9.17) is 5.11 Å². The molecule has 0 aromatic carbocycles. The van der Waals surface area contributed by atoms with Crippen LogP contribution in [0, 0.1) is 5.41 Å². The van der Waals surface area contributed by atoms with Gasteiger partial charge in [-0.1, -0.05) is 0 Å². The van der Waals surface area contributed by atoms with Crippen molar-refractivity contribution in [2.45, 2.75) is 44.6 Å². The van der Waals surface area contributed by atoms with Crippen molar-refractivity contribution in [2.24, 2.45) is 5.41 Å². The molecule has 1 unspecified atom stereocenters. The van der Waals surface area contributed by atoms with Crippen molar-refractivity contribution in [3.05, 3.63) is 0 Å². The van der Waals surface area contributed by atoms with E-state index in [0.29, 0.717) is 12.0 Å². The van der Waals surface area contributed by atoms with Gasteiger partial charge in [0.25, 0.3) is 0 Å². The van der Waals surface area contributed by atoms with Crippen LogP contribution in [0.25, 0.3) is 0 Å². The third kappa shape index (κ3) is 2.71. The average Bonchev–Trinajstić information content (AvgIpc) is 3.00. The van der Waals surface area contributed by atoms with Crippen LogP contribution in [0.15, 0.2) is 0 Å². The van der Waals surface area contributed by atoms with E-state index in [2.05, 4.69) is 4.90 Å². The zero-order valence-corrected chi connectivity index (χ0v) is 9.49. The number of aliphatic hydroxyl groups is 2. The Bertz CT molecular complexity index is 204. The van der Waals surface area contributed by atoms with E-state index in [-0.39, 0.29) is 6.10 Å². The molecule has 0 bridgehead atoms. The summed E-state index contributed by atoms with van der Waals surface area (Å²) in [7, 11) is 0. The highest BCUT2D eigenvalue weighted by atomic mass is 16.3. The van der Waals surface area contributed by atoms with Crippen LogP contribution < -0.4 is 0 Å². The molecule has 0 radical (unpaired) electrons. The number of aliphatic hydroxyl groups excluding tert-OH is 2. The maximum absolute atomic E-state index is 9.99. The predicted molar refractivity (Wildman–Crippen MR) is 59.7 cm³/mol. The van der Waals surface area contributed by atoms with Crippen molar-refractivity contribution in [3.8, 4) is 0 Å². The Morgan fingerprint density at radius 3 is 2.53 bits per heavy atom. The molecule has 2 aliphatic rings. The molecule has 3 nitrogen and oxygen atoms in total. The molecule has 1 atom stereocenters. The number of rotatable bonds is 5. The fourth-order valence-electron chi connectivity index (χ4n) is 2.65. The summed E-state index contributed by atoms with van der Waals surface area (Å²) in [5.41, 5.74) is 0.335. The van der Waals surface area contributed by atoms with Gasteiger partial charge in [-0.15, -0.1) is 0 Å². The molecule has 1 saturated heterocycles. The first-order chi connectivity index (χ1) is 7.27. The van der Waals surface area contributed by atoms with Gasteiger partial charge in [-0.25, -0.2) is 0 Å². The molecule has 2 fully saturated rings. The van der Waals surface area contributed by atoms with E-state index in [9.17, 15) is 5.11 Å². The number of hydrogen-bond donors (Lipinski definition) is 2. The SMILES string of the molecule is OCCCCCN1CCC2(CC2)C(O)C1. The lowest BCUT2D eigenvalue weighted by molar-refractivity contribution is 0.00799. The Balaban J connectivity index is 1.63. The lowest BCUT2D eigenvalue weighted by atomic mass is 9.90. The molecular formula is C12H23NO2. The van der Waals surface area contributed by atoms with Crippen molar-refractivity contribution in [1.82, 2.24) is 4.90 Å². The molecular weight excluding hydrogens is 190 g/mol. The topological polar surface area (TPSA) is 43.7 Å². The Hall–Kier alpha value is -0.120. The van der Waals surface area contributed by atoms with Gasteiger partial charge in [0, 0.05) is 13.2 Å². The normalized spacial score (nSPS) is 29.6. The highest BCUT2D eigenvalue weighted by Gasteiger charge is 2.50. The monoisotopic (exact) mass is 213 g/mol. The fraction of sp³-hybridized carbons (Fsp3) is 1.00. The van der Waals surface area contributed by atoms with Gasteiger partial charge < -0.3 is 15.1 Å². The number of β-amino-alcohol motifs (C(OH)–C–C–N with tert-alkyl or cyclic N) is 1. The van der Waals surface area contributed by atoms with Gasteiger partial charge in [0.05, 0.1) is 6.10 Å². The zero-order valence-electron chi connectivity index (χ0n) is 9.49. The van der Waals surface area contributed by atoms with Crippen LogP contribution >= 0.6 is 0 Å². The van der Waals surface area contributed by atoms with Gasteiger partial charge in [-0.05, 0) is 57.0 Å². The number of likely N-dealkylation sites (tertiary alicyclic amines) is 1. The second kappa shape index (κ2) is 4.81. The van der Waals surface area contributed by atoms with Gasteiger partial charge in [0.1, 0.15) is 0 Å². The largest absolute Gasteiger partial charge is 0.396 e. The number of piperidine rings is 1. The molecule has 0 aromatic heterocycles. The van der Waals surface area contributed by atoms with Crippen LogP contribution in [0.3, 0.4) is 0 Å². The summed E-state index contributed by atoms with van der Waals surface area (Å²) >= 11 is 0. The van der Waals surface area contributed by atoms with Gasteiger partial charge in [0.2, 0.25) is 0 Å². The molecule has 0 amide bonds. The van der Waals surface area contributed by atoms with Gasteiger partial charge in [-0.3, -0.25) is 0 Å². The molecule has 1 spiro atoms. The minimum atomic E-state index is -0.0795. The minimum Gasteiger partial charge on any atom is -0.396 e. The lowest BCUT2D eigenvalue weighted by Crippen LogP contribution is -2.45. The molecule has 88 valence electrons. The predicted octanol–water partition coefficient (Wildman–Crippen LogP) is 0.996. The fourth-order valence-corrected chi connectivity index (χ4v) is 2.65. The number of hydrogen-bond acceptors (Lipinski definition) is 3. The molecule has 3 heteroatoms. The Labute approximate surface area is 92.1 Å². The van der Waals surface area contributed by atoms with Crippen molar-refractivity contribution in [2.75, 3.05) is 26.2 Å². The molecule has 1 heterocycles. The first kappa shape index (κ1) is 11.4. The summed E-state index contributed by atoms with van der Waals surface area (Å²) in [5, 5.41) is 18.7. The van der Waals surface area contributed by atoms with E-state index in [1.807, 2.05) is 0 Å². The first-order valence-electron chi connectivity index (χ1n) is 6.28. The van der Waals surface area contributed by atoms with E-state index in [0.717, 1.165) is 38.9 Å². The summed E-state index contributed by atoms with van der Waals surface area (Å²) in [4.78, 5) is 2.38. The lowest BCUT2D eigenvalue weighted by Gasteiger charge is -2.36.